The van der Waals surface area contributed by atoms with Crippen LogP contribution in [0, 0.1) is 17.8 Å². The summed E-state index contributed by atoms with van der Waals surface area (Å²) < 4.78 is 30.2. The molecule has 2 aromatic carbocycles. The van der Waals surface area contributed by atoms with Crippen LogP contribution in [0.2, 0.25) is 0 Å². The Bertz CT molecular complexity index is 1280. The maximum absolute atomic E-state index is 13.4. The van der Waals surface area contributed by atoms with Crippen LogP contribution in [0.5, 0.6) is 5.75 Å². The van der Waals surface area contributed by atoms with Gasteiger partial charge in [-0.15, -0.1) is 0 Å². The molecule has 2 aliphatic rings. The first-order valence-electron chi connectivity index (χ1n) is 14.3. The Kier molecular flexibility index (Phi) is 9.90. The van der Waals surface area contributed by atoms with Crippen molar-refractivity contribution in [2.24, 2.45) is 17.8 Å². The van der Waals surface area contributed by atoms with Gasteiger partial charge >= 0.3 is 0 Å². The van der Waals surface area contributed by atoms with Crippen LogP contribution in [0.3, 0.4) is 0 Å². The van der Waals surface area contributed by atoms with Gasteiger partial charge in [0, 0.05) is 23.8 Å². The van der Waals surface area contributed by atoms with Gasteiger partial charge in [0.1, 0.15) is 5.75 Å². The molecule has 2 bridgehead atoms. The predicted octanol–water partition coefficient (Wildman–Crippen LogP) is 3.91. The van der Waals surface area contributed by atoms with Gasteiger partial charge < -0.3 is 20.5 Å². The van der Waals surface area contributed by atoms with Crippen LogP contribution in [0.15, 0.2) is 53.4 Å². The fraction of sp³-hybridized carbons (Fsp3) is 0.548. The molecule has 8 nitrogen and oxygen atoms in total. The molecular formula is C31H42N2O6S. The lowest BCUT2D eigenvalue weighted by atomic mass is 9.92. The molecular weight excluding hydrogens is 528 g/mol. The number of sulfone groups is 1. The summed E-state index contributed by atoms with van der Waals surface area (Å²) in [4.78, 5) is 26.4. The zero-order valence-electron chi connectivity index (χ0n) is 23.6. The van der Waals surface area contributed by atoms with Crippen molar-refractivity contribution in [3.05, 3.63) is 59.7 Å². The van der Waals surface area contributed by atoms with Gasteiger partial charge in [-0.3, -0.25) is 9.59 Å². The number of hydrogen-bond acceptors (Lipinski definition) is 6. The van der Waals surface area contributed by atoms with Crippen molar-refractivity contribution >= 4 is 21.7 Å². The second-order valence-electron chi connectivity index (χ2n) is 11.6. The van der Waals surface area contributed by atoms with E-state index in [0.717, 1.165) is 30.6 Å². The highest BCUT2D eigenvalue weighted by Crippen LogP contribution is 2.44. The highest BCUT2D eigenvalue weighted by molar-refractivity contribution is 7.90. The molecule has 2 aromatic rings. The third kappa shape index (κ3) is 7.85. The van der Waals surface area contributed by atoms with Crippen molar-refractivity contribution in [2.45, 2.75) is 81.9 Å². The molecule has 0 heterocycles. The molecule has 0 aliphatic heterocycles. The molecule has 218 valence electrons. The number of ether oxygens (including phenoxy) is 1. The number of aliphatic hydroxyl groups excluding tert-OH is 1. The normalized spacial score (nSPS) is 22.4. The topological polar surface area (TPSA) is 122 Å². The number of amides is 2. The van der Waals surface area contributed by atoms with Crippen LogP contribution < -0.4 is 15.4 Å². The molecule has 40 heavy (non-hydrogen) atoms. The molecule has 4 rings (SSSR count). The minimum Gasteiger partial charge on any atom is -0.494 e. The summed E-state index contributed by atoms with van der Waals surface area (Å²) in [6, 6.07) is 13.3. The quantitative estimate of drug-likeness (QED) is 0.336. The second kappa shape index (κ2) is 13.2. The Labute approximate surface area is 237 Å². The van der Waals surface area contributed by atoms with Crippen LogP contribution in [-0.2, 0) is 21.1 Å². The summed E-state index contributed by atoms with van der Waals surface area (Å²) >= 11 is 0. The highest BCUT2D eigenvalue weighted by atomic mass is 32.2. The lowest BCUT2D eigenvalue weighted by Gasteiger charge is -2.28. The number of benzene rings is 2. The van der Waals surface area contributed by atoms with Crippen LogP contribution in [0.1, 0.15) is 68.3 Å². The van der Waals surface area contributed by atoms with E-state index in [1.54, 1.807) is 6.92 Å². The highest BCUT2D eigenvalue weighted by Gasteiger charge is 2.40. The standard InChI is InChI=1S/C31H42N2O6S/c1-4-12-39-25-17-24(18-26(19-25)40(3,37)38)31(36)33-28(15-21-8-6-5-7-9-21)29(34)13-20(2)30(35)32-27-16-22-10-11-23(27)14-22/h5-9,17-20,22-23,27-29,34H,4,10-16H2,1-3H3,(H,32,35)(H,33,36)/t20-,22?,23?,27?,28-,29+/m0/s1. The van der Waals surface area contributed by atoms with E-state index in [0.29, 0.717) is 24.7 Å². The number of carbonyl (C=O) groups is 2. The first-order valence-corrected chi connectivity index (χ1v) is 16.2. The average molecular weight is 571 g/mol. The zero-order chi connectivity index (χ0) is 28.9. The van der Waals surface area contributed by atoms with Gasteiger partial charge in [-0.2, -0.15) is 0 Å². The molecule has 2 aliphatic carbocycles. The minimum atomic E-state index is -3.59. The molecule has 0 radical (unpaired) electrons. The van der Waals surface area contributed by atoms with Gasteiger partial charge in [-0.25, -0.2) is 8.42 Å². The number of fused-ring (bicyclic) bond motifs is 2. The van der Waals surface area contributed by atoms with Crippen molar-refractivity contribution in [1.29, 1.82) is 0 Å². The van der Waals surface area contributed by atoms with E-state index in [1.807, 2.05) is 37.3 Å². The van der Waals surface area contributed by atoms with Crippen molar-refractivity contribution < 1.29 is 27.9 Å². The van der Waals surface area contributed by atoms with E-state index in [4.69, 9.17) is 4.74 Å². The molecule has 2 amide bonds. The third-order valence-electron chi connectivity index (χ3n) is 8.23. The SMILES string of the molecule is CCCOc1cc(C(=O)N[C@@H](Cc2ccccc2)[C@H](O)C[C@H](C)C(=O)NC2CC3CCC2C3)cc(S(C)(=O)=O)c1. The zero-order valence-corrected chi connectivity index (χ0v) is 24.5. The first kappa shape index (κ1) is 30.1. The van der Waals surface area contributed by atoms with Gasteiger partial charge in [0.25, 0.3) is 5.91 Å². The Balaban J connectivity index is 1.49. The smallest absolute Gasteiger partial charge is 0.251 e. The summed E-state index contributed by atoms with van der Waals surface area (Å²) in [7, 11) is -3.59. The summed E-state index contributed by atoms with van der Waals surface area (Å²) in [5.74, 6) is 0.541. The van der Waals surface area contributed by atoms with Gasteiger partial charge in [0.2, 0.25) is 5.91 Å². The molecule has 3 unspecified atom stereocenters. The van der Waals surface area contributed by atoms with Gasteiger partial charge in [0.05, 0.1) is 23.6 Å². The van der Waals surface area contributed by atoms with Crippen molar-refractivity contribution in [2.75, 3.05) is 12.9 Å². The largest absolute Gasteiger partial charge is 0.494 e. The minimum absolute atomic E-state index is 0.0164. The summed E-state index contributed by atoms with van der Waals surface area (Å²) in [6.45, 7) is 4.12. The molecule has 2 fully saturated rings. The number of hydrogen-bond donors (Lipinski definition) is 3. The monoisotopic (exact) mass is 570 g/mol. The number of rotatable bonds is 13. The maximum Gasteiger partial charge on any atom is 0.251 e. The van der Waals surface area contributed by atoms with Crippen LogP contribution in [-0.4, -0.2) is 56.4 Å². The number of carbonyl (C=O) groups excluding carboxylic acids is 2. The number of aliphatic hydroxyl groups is 1. The van der Waals surface area contributed by atoms with Gasteiger partial charge in [-0.1, -0.05) is 50.6 Å². The fourth-order valence-electron chi connectivity index (χ4n) is 6.00. The van der Waals surface area contributed by atoms with Gasteiger partial charge in [-0.05, 0) is 74.1 Å². The molecule has 0 aromatic heterocycles. The van der Waals surface area contributed by atoms with E-state index in [9.17, 15) is 23.1 Å². The van der Waals surface area contributed by atoms with E-state index < -0.39 is 33.8 Å². The predicted molar refractivity (Wildman–Crippen MR) is 154 cm³/mol. The molecule has 9 heteroatoms. The Morgan fingerprint density at radius 3 is 2.48 bits per heavy atom. The van der Waals surface area contributed by atoms with E-state index in [-0.39, 0.29) is 28.8 Å². The Morgan fingerprint density at radius 1 is 1.10 bits per heavy atom. The van der Waals surface area contributed by atoms with Crippen molar-refractivity contribution in [3.8, 4) is 5.75 Å². The van der Waals surface area contributed by atoms with Crippen LogP contribution in [0.25, 0.3) is 0 Å². The lowest BCUT2D eigenvalue weighted by molar-refractivity contribution is -0.126. The van der Waals surface area contributed by atoms with Crippen LogP contribution >= 0.6 is 0 Å². The number of nitrogens with one attached hydrogen (secondary N) is 2. The fourth-order valence-corrected chi connectivity index (χ4v) is 6.67. The average Bonchev–Trinajstić information content (AvgIpc) is 3.55. The molecule has 3 N–H and O–H groups in total. The summed E-state index contributed by atoms with van der Waals surface area (Å²) in [5, 5.41) is 17.4. The molecule has 2 saturated carbocycles. The first-order chi connectivity index (χ1) is 19.0. The van der Waals surface area contributed by atoms with Crippen molar-refractivity contribution in [1.82, 2.24) is 10.6 Å². The molecule has 0 saturated heterocycles. The molecule has 0 spiro atoms. The Hall–Kier alpha value is -2.91. The van der Waals surface area contributed by atoms with Crippen molar-refractivity contribution in [3.63, 3.8) is 0 Å². The van der Waals surface area contributed by atoms with Crippen LogP contribution in [0.4, 0.5) is 0 Å². The summed E-state index contributed by atoms with van der Waals surface area (Å²) in [5.41, 5.74) is 1.05. The molecule has 6 atom stereocenters. The summed E-state index contributed by atoms with van der Waals surface area (Å²) in [6.07, 6.45) is 5.99. The second-order valence-corrected chi connectivity index (χ2v) is 13.6. The van der Waals surface area contributed by atoms with E-state index in [2.05, 4.69) is 10.6 Å². The Morgan fingerprint density at radius 2 is 1.85 bits per heavy atom. The maximum atomic E-state index is 13.4. The lowest BCUT2D eigenvalue weighted by Crippen LogP contribution is -2.47. The van der Waals surface area contributed by atoms with E-state index >= 15 is 0 Å². The van der Waals surface area contributed by atoms with Gasteiger partial charge in [0.15, 0.2) is 9.84 Å². The third-order valence-corrected chi connectivity index (χ3v) is 9.32. The van der Waals surface area contributed by atoms with E-state index in [1.165, 1.54) is 37.5 Å².